The Hall–Kier alpha value is -2.67. The number of aliphatic hydroxyl groups excluding tert-OH is 1. The molecular formula is C29H31NO3S2. The van der Waals surface area contributed by atoms with Crippen molar-refractivity contribution in [3.05, 3.63) is 95.7 Å². The van der Waals surface area contributed by atoms with Crippen molar-refractivity contribution < 1.29 is 13.5 Å². The van der Waals surface area contributed by atoms with Crippen molar-refractivity contribution in [2.24, 2.45) is 0 Å². The van der Waals surface area contributed by atoms with Gasteiger partial charge in [-0.05, 0) is 79.1 Å². The molecule has 0 fully saturated rings. The van der Waals surface area contributed by atoms with Gasteiger partial charge in [0.15, 0.2) is 9.84 Å². The number of aliphatic hydroxyl groups is 1. The van der Waals surface area contributed by atoms with Gasteiger partial charge in [-0.2, -0.15) is 0 Å². The number of nitrogens with zero attached hydrogens (tertiary/aromatic N) is 1. The van der Waals surface area contributed by atoms with E-state index in [-0.39, 0.29) is 12.5 Å². The third kappa shape index (κ3) is 5.30. The van der Waals surface area contributed by atoms with Crippen molar-refractivity contribution in [1.29, 1.82) is 0 Å². The van der Waals surface area contributed by atoms with E-state index in [1.54, 1.807) is 31.8 Å². The van der Waals surface area contributed by atoms with E-state index < -0.39 is 14.6 Å². The van der Waals surface area contributed by atoms with Crippen molar-refractivity contribution in [3.8, 4) is 11.1 Å². The zero-order chi connectivity index (χ0) is 25.2. The first kappa shape index (κ1) is 25.4. The van der Waals surface area contributed by atoms with Gasteiger partial charge in [-0.15, -0.1) is 11.8 Å². The largest absolute Gasteiger partial charge is 0.396 e. The Bertz CT molecular complexity index is 1440. The molecule has 0 saturated heterocycles. The Kier molecular flexibility index (Phi) is 7.36. The van der Waals surface area contributed by atoms with Gasteiger partial charge >= 0.3 is 0 Å². The first-order valence-electron chi connectivity index (χ1n) is 11.6. The summed E-state index contributed by atoms with van der Waals surface area (Å²) in [6, 6.07) is 24.3. The number of benzene rings is 3. The van der Waals surface area contributed by atoms with Gasteiger partial charge in [0, 0.05) is 34.2 Å². The van der Waals surface area contributed by atoms with Gasteiger partial charge in [-0.25, -0.2) is 8.42 Å². The lowest BCUT2D eigenvalue weighted by atomic mass is 9.90. The predicted molar refractivity (Wildman–Crippen MR) is 147 cm³/mol. The first-order valence-corrected chi connectivity index (χ1v) is 14.7. The van der Waals surface area contributed by atoms with Gasteiger partial charge in [0.1, 0.15) is 0 Å². The smallest absolute Gasteiger partial charge is 0.156 e. The molecule has 0 aliphatic rings. The normalized spacial score (nSPS) is 13.2. The number of rotatable bonds is 8. The molecule has 4 nitrogen and oxygen atoms in total. The van der Waals surface area contributed by atoms with E-state index in [0.717, 1.165) is 38.7 Å². The highest BCUT2D eigenvalue weighted by atomic mass is 32.2. The van der Waals surface area contributed by atoms with Crippen molar-refractivity contribution in [3.63, 3.8) is 0 Å². The molecule has 0 amide bonds. The van der Waals surface area contributed by atoms with Crippen LogP contribution in [0.5, 0.6) is 0 Å². The van der Waals surface area contributed by atoms with Crippen LogP contribution in [0.2, 0.25) is 0 Å². The molecule has 4 aromatic rings. The fourth-order valence-electron chi connectivity index (χ4n) is 4.29. The van der Waals surface area contributed by atoms with Crippen LogP contribution in [-0.4, -0.2) is 37.6 Å². The van der Waals surface area contributed by atoms with Crippen LogP contribution in [0.25, 0.3) is 22.0 Å². The summed E-state index contributed by atoms with van der Waals surface area (Å²) in [5, 5.41) is 11.0. The van der Waals surface area contributed by atoms with Gasteiger partial charge in [-0.1, -0.05) is 42.5 Å². The fraction of sp³-hybridized carbons (Fsp3) is 0.276. The molecule has 3 aromatic carbocycles. The molecule has 35 heavy (non-hydrogen) atoms. The number of hydrogen-bond acceptors (Lipinski definition) is 5. The second kappa shape index (κ2) is 10.1. The molecule has 0 aliphatic heterocycles. The standard InChI is InChI=1S/C29H31NO3S2/c1-29(2,35(4,32)33)25-17-23-9-6-14-30-28(23)27(18-25)22-8-5-7-20(15-22)16-24(19-31)21-10-12-26(34-3)13-11-21/h5-15,17-18,24,31H,16,19H2,1-4H3. The van der Waals surface area contributed by atoms with E-state index in [1.165, 1.54) is 11.2 Å². The Morgan fingerprint density at radius 1 is 1.00 bits per heavy atom. The van der Waals surface area contributed by atoms with Crippen LogP contribution in [-0.2, 0) is 21.0 Å². The number of fused-ring (bicyclic) bond motifs is 1. The lowest BCUT2D eigenvalue weighted by Crippen LogP contribution is -2.28. The van der Waals surface area contributed by atoms with Crippen molar-refractivity contribution in [2.45, 2.75) is 35.8 Å². The second-order valence-corrected chi connectivity index (χ2v) is 12.9. The summed E-state index contributed by atoms with van der Waals surface area (Å²) in [5.41, 5.74) is 5.67. The SMILES string of the molecule is CSc1ccc(C(CO)Cc2cccc(-c3cc(C(C)(C)S(C)(=O)=O)cc4cccnc34)c2)cc1. The zero-order valence-electron chi connectivity index (χ0n) is 20.5. The lowest BCUT2D eigenvalue weighted by molar-refractivity contribution is 0.264. The average molecular weight is 506 g/mol. The van der Waals surface area contributed by atoms with Gasteiger partial charge in [0.05, 0.1) is 16.9 Å². The summed E-state index contributed by atoms with van der Waals surface area (Å²) in [6.45, 7) is 3.55. The highest BCUT2D eigenvalue weighted by molar-refractivity contribution is 7.98. The maximum absolute atomic E-state index is 12.6. The minimum absolute atomic E-state index is 0.00785. The van der Waals surface area contributed by atoms with Crippen LogP contribution in [0.4, 0.5) is 0 Å². The highest BCUT2D eigenvalue weighted by Gasteiger charge is 2.33. The molecule has 1 unspecified atom stereocenters. The molecule has 0 spiro atoms. The van der Waals surface area contributed by atoms with Crippen molar-refractivity contribution >= 4 is 32.5 Å². The van der Waals surface area contributed by atoms with E-state index in [2.05, 4.69) is 47.6 Å². The number of thioether (sulfide) groups is 1. The zero-order valence-corrected chi connectivity index (χ0v) is 22.2. The molecule has 1 atom stereocenters. The molecule has 1 aromatic heterocycles. The van der Waals surface area contributed by atoms with Crippen LogP contribution < -0.4 is 0 Å². The summed E-state index contributed by atoms with van der Waals surface area (Å²) < 4.78 is 24.1. The number of hydrogen-bond donors (Lipinski definition) is 1. The average Bonchev–Trinajstić information content (AvgIpc) is 2.86. The maximum atomic E-state index is 12.6. The van der Waals surface area contributed by atoms with E-state index >= 15 is 0 Å². The molecular weight excluding hydrogens is 474 g/mol. The molecule has 1 N–H and O–H groups in total. The van der Waals surface area contributed by atoms with Crippen LogP contribution in [0, 0.1) is 0 Å². The lowest BCUT2D eigenvalue weighted by Gasteiger charge is -2.24. The first-order chi connectivity index (χ1) is 16.6. The topological polar surface area (TPSA) is 67.3 Å². The minimum atomic E-state index is -3.34. The summed E-state index contributed by atoms with van der Waals surface area (Å²) in [6.07, 6.45) is 5.79. The third-order valence-corrected chi connectivity index (χ3v) is 9.69. The number of aromatic nitrogens is 1. The molecule has 6 heteroatoms. The Morgan fingerprint density at radius 3 is 2.40 bits per heavy atom. The molecule has 182 valence electrons. The third-order valence-electron chi connectivity index (χ3n) is 6.85. The minimum Gasteiger partial charge on any atom is -0.396 e. The molecule has 0 bridgehead atoms. The quantitative estimate of drug-likeness (QED) is 0.288. The van der Waals surface area contributed by atoms with Crippen LogP contribution in [0.15, 0.2) is 83.9 Å². The number of sulfone groups is 1. The maximum Gasteiger partial charge on any atom is 0.156 e. The highest BCUT2D eigenvalue weighted by Crippen LogP contribution is 2.37. The predicted octanol–water partition coefficient (Wildman–Crippen LogP) is 6.22. The van der Waals surface area contributed by atoms with Crippen molar-refractivity contribution in [2.75, 3.05) is 19.1 Å². The second-order valence-electron chi connectivity index (χ2n) is 9.44. The Morgan fingerprint density at radius 2 is 1.74 bits per heavy atom. The summed E-state index contributed by atoms with van der Waals surface area (Å²) in [5.74, 6) is -0.00785. The Balaban J connectivity index is 1.77. The fourth-order valence-corrected chi connectivity index (χ4v) is 5.24. The molecule has 4 rings (SSSR count). The van der Waals surface area contributed by atoms with Gasteiger partial charge in [0.2, 0.25) is 0 Å². The van der Waals surface area contributed by atoms with Gasteiger partial charge in [-0.3, -0.25) is 4.98 Å². The molecule has 0 aliphatic carbocycles. The number of pyridine rings is 1. The van der Waals surface area contributed by atoms with Gasteiger partial charge < -0.3 is 5.11 Å². The Labute approximate surface area is 212 Å². The van der Waals surface area contributed by atoms with Crippen LogP contribution in [0.3, 0.4) is 0 Å². The van der Waals surface area contributed by atoms with E-state index in [9.17, 15) is 13.5 Å². The summed E-state index contributed by atoms with van der Waals surface area (Å²) in [4.78, 5) is 5.82. The van der Waals surface area contributed by atoms with E-state index in [0.29, 0.717) is 6.42 Å². The molecule has 0 saturated carbocycles. The summed E-state index contributed by atoms with van der Waals surface area (Å²) in [7, 11) is -3.34. The molecule has 0 radical (unpaired) electrons. The van der Waals surface area contributed by atoms with E-state index in [4.69, 9.17) is 0 Å². The summed E-state index contributed by atoms with van der Waals surface area (Å²) >= 11 is 1.70. The van der Waals surface area contributed by atoms with E-state index in [1.807, 2.05) is 36.4 Å². The van der Waals surface area contributed by atoms with Gasteiger partial charge in [0.25, 0.3) is 0 Å². The monoisotopic (exact) mass is 505 g/mol. The van der Waals surface area contributed by atoms with Crippen LogP contribution in [0.1, 0.15) is 36.5 Å². The van der Waals surface area contributed by atoms with Crippen molar-refractivity contribution in [1.82, 2.24) is 4.98 Å². The van der Waals surface area contributed by atoms with Crippen LogP contribution >= 0.6 is 11.8 Å². The molecule has 1 heterocycles.